The van der Waals surface area contributed by atoms with Gasteiger partial charge >= 0.3 is 5.97 Å². The molecule has 1 aromatic carbocycles. The number of aromatic nitrogens is 1. The highest BCUT2D eigenvalue weighted by atomic mass is 16.5. The van der Waals surface area contributed by atoms with E-state index in [-0.39, 0.29) is 24.3 Å². The average Bonchev–Trinajstić information content (AvgIpc) is 3.11. The Morgan fingerprint density at radius 3 is 2.69 bits per heavy atom. The summed E-state index contributed by atoms with van der Waals surface area (Å²) in [4.78, 5) is 43.0. The summed E-state index contributed by atoms with van der Waals surface area (Å²) < 4.78 is 10.4. The van der Waals surface area contributed by atoms with Crippen LogP contribution in [0.2, 0.25) is 0 Å². The topological polar surface area (TPSA) is 101 Å². The van der Waals surface area contributed by atoms with Gasteiger partial charge in [-0.15, -0.1) is 0 Å². The quantitative estimate of drug-likeness (QED) is 0.644. The molecule has 1 atom stereocenters. The van der Waals surface area contributed by atoms with Crippen LogP contribution in [0.4, 0.5) is 0 Å². The van der Waals surface area contributed by atoms with Crippen molar-refractivity contribution in [1.82, 2.24) is 15.2 Å². The van der Waals surface area contributed by atoms with E-state index in [9.17, 15) is 14.4 Å². The third-order valence-electron chi connectivity index (χ3n) is 5.86. The highest BCUT2D eigenvalue weighted by Gasteiger charge is 2.31. The number of hydrogen-bond acceptors (Lipinski definition) is 5. The molecule has 1 aromatic heterocycles. The molecule has 2 aromatic rings. The van der Waals surface area contributed by atoms with Gasteiger partial charge in [-0.25, -0.2) is 4.79 Å². The van der Waals surface area contributed by atoms with Gasteiger partial charge in [0, 0.05) is 30.9 Å². The Kier molecular flexibility index (Phi) is 7.56. The number of nitrogens with one attached hydrogen (secondary N) is 2. The van der Waals surface area contributed by atoms with Crippen molar-refractivity contribution in [2.24, 2.45) is 5.92 Å². The van der Waals surface area contributed by atoms with Crippen LogP contribution in [0.3, 0.4) is 0 Å². The molecule has 0 unspecified atom stereocenters. The molecule has 8 heteroatoms. The van der Waals surface area contributed by atoms with Gasteiger partial charge in [0.15, 0.2) is 0 Å². The van der Waals surface area contributed by atoms with Crippen LogP contribution in [0, 0.1) is 19.8 Å². The van der Waals surface area contributed by atoms with E-state index in [1.54, 1.807) is 32.8 Å². The third kappa shape index (κ3) is 4.95. The molecule has 3 rings (SSSR count). The Morgan fingerprint density at radius 1 is 1.22 bits per heavy atom. The Balaban J connectivity index is 1.67. The summed E-state index contributed by atoms with van der Waals surface area (Å²) in [5.74, 6) is -0.292. The minimum Gasteiger partial charge on any atom is -0.496 e. The lowest BCUT2D eigenvalue weighted by molar-refractivity contribution is -0.126. The number of esters is 1. The van der Waals surface area contributed by atoms with Gasteiger partial charge in [-0.1, -0.05) is 18.2 Å². The fraction of sp³-hybridized carbons (Fsp3) is 0.458. The van der Waals surface area contributed by atoms with Crippen molar-refractivity contribution < 1.29 is 23.9 Å². The lowest BCUT2D eigenvalue weighted by atomic mass is 9.96. The molecule has 0 aliphatic carbocycles. The highest BCUT2D eigenvalue weighted by Crippen LogP contribution is 2.24. The summed E-state index contributed by atoms with van der Waals surface area (Å²) in [6.07, 6.45) is 1.46. The van der Waals surface area contributed by atoms with Gasteiger partial charge in [0.25, 0.3) is 5.91 Å². The molecular formula is C24H31N3O5. The lowest BCUT2D eigenvalue weighted by Gasteiger charge is -2.32. The van der Waals surface area contributed by atoms with Crippen LogP contribution < -0.4 is 10.1 Å². The number of carbonyl (C=O) groups is 3. The zero-order valence-corrected chi connectivity index (χ0v) is 19.1. The van der Waals surface area contributed by atoms with Gasteiger partial charge in [0.05, 0.1) is 25.2 Å². The molecule has 8 nitrogen and oxygen atoms in total. The van der Waals surface area contributed by atoms with Gasteiger partial charge in [-0.3, -0.25) is 9.59 Å². The van der Waals surface area contributed by atoms with Crippen LogP contribution in [0.1, 0.15) is 57.4 Å². The average molecular weight is 442 g/mol. The van der Waals surface area contributed by atoms with Crippen molar-refractivity contribution in [3.63, 3.8) is 0 Å². The first-order chi connectivity index (χ1) is 15.4. The van der Waals surface area contributed by atoms with Crippen molar-refractivity contribution in [3.05, 3.63) is 52.3 Å². The monoisotopic (exact) mass is 441 g/mol. The summed E-state index contributed by atoms with van der Waals surface area (Å²) in [5, 5.41) is 2.97. The second-order valence-electron chi connectivity index (χ2n) is 7.97. The number of methoxy groups -OCH3 is 1. The Morgan fingerprint density at radius 2 is 1.97 bits per heavy atom. The van der Waals surface area contributed by atoms with Gasteiger partial charge in [-0.2, -0.15) is 0 Å². The van der Waals surface area contributed by atoms with Crippen molar-refractivity contribution in [2.75, 3.05) is 26.8 Å². The van der Waals surface area contributed by atoms with E-state index < -0.39 is 5.97 Å². The van der Waals surface area contributed by atoms with Crippen molar-refractivity contribution >= 4 is 17.8 Å². The number of amides is 2. The first-order valence-electron chi connectivity index (χ1n) is 10.9. The number of carbonyl (C=O) groups excluding carboxylic acids is 3. The first-order valence-corrected chi connectivity index (χ1v) is 10.9. The van der Waals surface area contributed by atoms with Crippen molar-refractivity contribution in [1.29, 1.82) is 0 Å². The normalized spacial score (nSPS) is 15.9. The maximum atomic E-state index is 13.2. The number of benzene rings is 1. The minimum absolute atomic E-state index is 0.0833. The lowest BCUT2D eigenvalue weighted by Crippen LogP contribution is -2.45. The zero-order valence-electron chi connectivity index (χ0n) is 19.1. The van der Waals surface area contributed by atoms with E-state index in [0.29, 0.717) is 42.1 Å². The predicted octanol–water partition coefficient (Wildman–Crippen LogP) is 2.99. The summed E-state index contributed by atoms with van der Waals surface area (Å²) >= 11 is 0. The van der Waals surface area contributed by atoms with E-state index in [4.69, 9.17) is 9.47 Å². The van der Waals surface area contributed by atoms with Crippen LogP contribution >= 0.6 is 0 Å². The molecule has 32 heavy (non-hydrogen) atoms. The van der Waals surface area contributed by atoms with Gasteiger partial charge in [0.1, 0.15) is 11.4 Å². The second-order valence-corrected chi connectivity index (χ2v) is 7.97. The molecule has 172 valence electrons. The number of rotatable bonds is 7. The maximum absolute atomic E-state index is 13.2. The van der Waals surface area contributed by atoms with Gasteiger partial charge < -0.3 is 24.7 Å². The number of likely N-dealkylation sites (tertiary alicyclic amines) is 1. The number of piperidine rings is 1. The molecule has 2 N–H and O–H groups in total. The SMILES string of the molecule is CCOC(=O)c1c(C)[nH]c(C(=O)N2CCC[C@H](C(=O)NCc3ccccc3OC)C2)c1C. The molecule has 1 fully saturated rings. The predicted molar refractivity (Wildman–Crippen MR) is 120 cm³/mol. The van der Waals surface area contributed by atoms with Crippen LogP contribution in [0.15, 0.2) is 24.3 Å². The van der Waals surface area contributed by atoms with E-state index in [2.05, 4.69) is 10.3 Å². The number of aryl methyl sites for hydroxylation is 1. The molecule has 0 bridgehead atoms. The second kappa shape index (κ2) is 10.3. The molecule has 2 heterocycles. The molecule has 1 saturated heterocycles. The van der Waals surface area contributed by atoms with E-state index in [1.807, 2.05) is 24.3 Å². The molecule has 2 amide bonds. The van der Waals surface area contributed by atoms with Crippen LogP contribution in [0.25, 0.3) is 0 Å². The fourth-order valence-electron chi connectivity index (χ4n) is 4.18. The Labute approximate surface area is 188 Å². The molecule has 0 saturated carbocycles. The molecule has 0 radical (unpaired) electrons. The maximum Gasteiger partial charge on any atom is 0.340 e. The largest absolute Gasteiger partial charge is 0.496 e. The standard InChI is InChI=1S/C24H31N3O5/c1-5-32-24(30)20-15(2)21(26-16(20)3)23(29)27-12-8-10-18(14-27)22(28)25-13-17-9-6-7-11-19(17)31-4/h6-7,9,11,18,26H,5,8,10,12-14H2,1-4H3,(H,25,28)/t18-/m0/s1. The first kappa shape index (κ1) is 23.4. The molecular weight excluding hydrogens is 410 g/mol. The number of para-hydroxylation sites is 1. The Hall–Kier alpha value is -3.29. The highest BCUT2D eigenvalue weighted by molar-refractivity contribution is 6.00. The molecule has 1 aliphatic rings. The summed E-state index contributed by atoms with van der Waals surface area (Å²) in [5.41, 5.74) is 2.86. The fourth-order valence-corrected chi connectivity index (χ4v) is 4.18. The third-order valence-corrected chi connectivity index (χ3v) is 5.86. The van der Waals surface area contributed by atoms with Gasteiger partial charge in [-0.05, 0) is 45.2 Å². The van der Waals surface area contributed by atoms with Crippen molar-refractivity contribution in [2.45, 2.75) is 40.2 Å². The number of hydrogen-bond donors (Lipinski definition) is 2. The molecule has 1 aliphatic heterocycles. The number of aromatic amines is 1. The van der Waals surface area contributed by atoms with E-state index in [0.717, 1.165) is 24.2 Å². The van der Waals surface area contributed by atoms with Crippen LogP contribution in [-0.2, 0) is 16.1 Å². The Bertz CT molecular complexity index is 998. The van der Waals surface area contributed by atoms with E-state index >= 15 is 0 Å². The van der Waals surface area contributed by atoms with Crippen LogP contribution in [-0.4, -0.2) is 54.5 Å². The van der Waals surface area contributed by atoms with Crippen molar-refractivity contribution in [3.8, 4) is 5.75 Å². The number of nitrogens with zero attached hydrogens (tertiary/aromatic N) is 1. The zero-order chi connectivity index (χ0) is 23.3. The summed E-state index contributed by atoms with van der Waals surface area (Å²) in [6, 6.07) is 7.55. The van der Waals surface area contributed by atoms with Gasteiger partial charge in [0.2, 0.25) is 5.91 Å². The summed E-state index contributed by atoms with van der Waals surface area (Å²) in [6.45, 7) is 6.78. The molecule has 0 spiro atoms. The smallest absolute Gasteiger partial charge is 0.340 e. The summed E-state index contributed by atoms with van der Waals surface area (Å²) in [7, 11) is 1.60. The van der Waals surface area contributed by atoms with Crippen LogP contribution in [0.5, 0.6) is 5.75 Å². The minimum atomic E-state index is -0.440. The van der Waals surface area contributed by atoms with E-state index in [1.165, 1.54) is 0 Å². The number of H-pyrrole nitrogens is 1. The number of ether oxygens (including phenoxy) is 2.